The van der Waals surface area contributed by atoms with E-state index in [0.29, 0.717) is 16.9 Å². The molecule has 29 heavy (non-hydrogen) atoms. The smallest absolute Gasteiger partial charge is 0.270 e. The van der Waals surface area contributed by atoms with Crippen LogP contribution in [0.4, 0.5) is 17.1 Å². The van der Waals surface area contributed by atoms with E-state index < -0.39 is 16.7 Å². The first-order chi connectivity index (χ1) is 13.7. The van der Waals surface area contributed by atoms with Crippen molar-refractivity contribution in [1.82, 2.24) is 5.32 Å². The van der Waals surface area contributed by atoms with Gasteiger partial charge < -0.3 is 4.90 Å². The first kappa shape index (κ1) is 20.2. The Hall–Kier alpha value is -3.59. The third kappa shape index (κ3) is 3.99. The van der Waals surface area contributed by atoms with E-state index in [1.165, 1.54) is 23.1 Å². The lowest BCUT2D eigenvalue weighted by atomic mass is 10.0. The first-order valence-corrected chi connectivity index (χ1v) is 9.03. The molecule has 1 aliphatic heterocycles. The van der Waals surface area contributed by atoms with Crippen LogP contribution in [0.3, 0.4) is 0 Å². The number of anilines is 2. The third-order valence-corrected chi connectivity index (χ3v) is 4.65. The molecule has 0 aliphatic carbocycles. The minimum absolute atomic E-state index is 0.0189. The number of rotatable bonds is 4. The lowest BCUT2D eigenvalue weighted by molar-refractivity contribution is -0.384. The number of amides is 2. The summed E-state index contributed by atoms with van der Waals surface area (Å²) >= 11 is 5.19. The molecule has 148 valence electrons. The zero-order valence-corrected chi connectivity index (χ0v) is 16.8. The van der Waals surface area contributed by atoms with Crippen LogP contribution in [0.1, 0.15) is 11.1 Å². The molecule has 1 N–H and O–H groups in total. The van der Waals surface area contributed by atoms with E-state index in [9.17, 15) is 19.7 Å². The molecule has 0 unspecified atom stereocenters. The highest BCUT2D eigenvalue weighted by Gasteiger charge is 2.34. The fourth-order valence-corrected chi connectivity index (χ4v) is 3.27. The number of non-ortho nitro benzene ring substituents is 1. The quantitative estimate of drug-likeness (QED) is 0.274. The number of nitro benzene ring substituents is 1. The minimum atomic E-state index is -0.653. The number of carbonyl (C=O) groups excluding carboxylic acids is 2. The number of hydrogen-bond donors (Lipinski definition) is 1. The molecule has 0 atom stereocenters. The fourth-order valence-electron chi connectivity index (χ4n) is 2.99. The van der Waals surface area contributed by atoms with Crippen molar-refractivity contribution in [2.24, 2.45) is 0 Å². The van der Waals surface area contributed by atoms with Crippen molar-refractivity contribution in [1.29, 1.82) is 0 Å². The van der Waals surface area contributed by atoms with Crippen molar-refractivity contribution in [3.63, 3.8) is 0 Å². The van der Waals surface area contributed by atoms with E-state index in [0.717, 1.165) is 5.56 Å². The number of nitrogens with one attached hydrogen (secondary N) is 1. The van der Waals surface area contributed by atoms with E-state index in [1.54, 1.807) is 43.3 Å². The molecule has 0 radical (unpaired) electrons. The summed E-state index contributed by atoms with van der Waals surface area (Å²) in [5.74, 6) is -1.25. The molecule has 0 bridgehead atoms. The monoisotopic (exact) mass is 410 g/mol. The molecule has 9 heteroatoms. The maximum atomic E-state index is 13.1. The maximum absolute atomic E-state index is 13.1. The summed E-state index contributed by atoms with van der Waals surface area (Å²) in [7, 11) is 3.53. The minimum Gasteiger partial charge on any atom is -0.377 e. The number of carbonyl (C=O) groups is 2. The summed E-state index contributed by atoms with van der Waals surface area (Å²) in [5, 5.41) is 13.7. The van der Waals surface area contributed by atoms with Gasteiger partial charge in [-0.25, -0.2) is 0 Å². The second kappa shape index (κ2) is 7.80. The number of nitro groups is 1. The van der Waals surface area contributed by atoms with E-state index in [1.807, 2.05) is 13.0 Å². The van der Waals surface area contributed by atoms with Gasteiger partial charge in [-0.3, -0.25) is 29.9 Å². The average molecular weight is 410 g/mol. The van der Waals surface area contributed by atoms with Crippen LogP contribution in [-0.2, 0) is 9.59 Å². The van der Waals surface area contributed by atoms with Crippen molar-refractivity contribution in [3.05, 3.63) is 69.3 Å². The van der Waals surface area contributed by atoms with Crippen LogP contribution in [0.2, 0.25) is 0 Å². The molecule has 1 saturated heterocycles. The lowest BCUT2D eigenvalue weighted by Crippen LogP contribution is -2.54. The van der Waals surface area contributed by atoms with Crippen molar-refractivity contribution < 1.29 is 14.5 Å². The van der Waals surface area contributed by atoms with E-state index in [2.05, 4.69) is 5.32 Å². The topological polar surface area (TPSA) is 95.8 Å². The number of nitrogens with zero attached hydrogens (tertiary/aromatic N) is 3. The molecule has 2 amide bonds. The van der Waals surface area contributed by atoms with Gasteiger partial charge in [-0.1, -0.05) is 12.1 Å². The van der Waals surface area contributed by atoms with E-state index in [4.69, 9.17) is 12.2 Å². The average Bonchev–Trinajstić information content (AvgIpc) is 2.64. The van der Waals surface area contributed by atoms with Gasteiger partial charge in [0.1, 0.15) is 5.57 Å². The molecule has 2 aromatic carbocycles. The van der Waals surface area contributed by atoms with Crippen molar-refractivity contribution in [2.75, 3.05) is 23.9 Å². The molecule has 1 heterocycles. The summed E-state index contributed by atoms with van der Waals surface area (Å²) in [6.07, 6.45) is 1.35. The number of aryl methyl sites for hydroxylation is 1. The summed E-state index contributed by atoms with van der Waals surface area (Å²) in [6.45, 7) is 1.88. The highest BCUT2D eigenvalue weighted by atomic mass is 32.1. The van der Waals surface area contributed by atoms with Crippen LogP contribution in [0.5, 0.6) is 0 Å². The summed E-state index contributed by atoms with van der Waals surface area (Å²) in [6, 6.07) is 11.4. The van der Waals surface area contributed by atoms with Crippen LogP contribution in [0.25, 0.3) is 6.08 Å². The summed E-state index contributed by atoms with van der Waals surface area (Å²) in [5.41, 5.74) is 2.14. The van der Waals surface area contributed by atoms with Gasteiger partial charge in [-0.15, -0.1) is 0 Å². The van der Waals surface area contributed by atoms with Gasteiger partial charge in [0, 0.05) is 37.5 Å². The predicted octanol–water partition coefficient (Wildman–Crippen LogP) is 2.80. The Morgan fingerprint density at radius 3 is 2.52 bits per heavy atom. The Balaban J connectivity index is 2.12. The lowest BCUT2D eigenvalue weighted by Gasteiger charge is -2.29. The highest BCUT2D eigenvalue weighted by Crippen LogP contribution is 2.28. The van der Waals surface area contributed by atoms with Gasteiger partial charge in [-0.2, -0.15) is 0 Å². The van der Waals surface area contributed by atoms with E-state index >= 15 is 0 Å². The Kier molecular flexibility index (Phi) is 5.42. The summed E-state index contributed by atoms with van der Waals surface area (Å²) in [4.78, 5) is 39.2. The van der Waals surface area contributed by atoms with Crippen LogP contribution < -0.4 is 15.1 Å². The van der Waals surface area contributed by atoms with Gasteiger partial charge in [0.2, 0.25) is 0 Å². The second-order valence-corrected chi connectivity index (χ2v) is 7.08. The number of thiocarbonyl (C=S) groups is 1. The number of hydrogen-bond acceptors (Lipinski definition) is 6. The Morgan fingerprint density at radius 1 is 1.17 bits per heavy atom. The van der Waals surface area contributed by atoms with Crippen LogP contribution in [0, 0.1) is 17.0 Å². The number of benzene rings is 2. The molecular formula is C20H18N4O4S. The van der Waals surface area contributed by atoms with Gasteiger partial charge >= 0.3 is 0 Å². The van der Waals surface area contributed by atoms with Gasteiger partial charge in [0.25, 0.3) is 17.5 Å². The molecule has 8 nitrogen and oxygen atoms in total. The molecule has 0 spiro atoms. The molecule has 0 aromatic heterocycles. The second-order valence-electron chi connectivity index (χ2n) is 6.69. The molecule has 2 aromatic rings. The van der Waals surface area contributed by atoms with Gasteiger partial charge in [0.15, 0.2) is 5.11 Å². The van der Waals surface area contributed by atoms with E-state index in [-0.39, 0.29) is 16.4 Å². The SMILES string of the molecule is Cc1cccc(N2C(=O)/C(=C\c3cc([N+](=O)[O-])ccc3N(C)C)C(=O)NC2=S)c1. The first-order valence-electron chi connectivity index (χ1n) is 8.63. The summed E-state index contributed by atoms with van der Waals surface area (Å²) < 4.78 is 0. The van der Waals surface area contributed by atoms with Crippen LogP contribution >= 0.6 is 12.2 Å². The zero-order chi connectivity index (χ0) is 21.3. The van der Waals surface area contributed by atoms with Gasteiger partial charge in [-0.05, 0) is 49.0 Å². The molecule has 1 fully saturated rings. The van der Waals surface area contributed by atoms with Gasteiger partial charge in [0.05, 0.1) is 10.6 Å². The largest absolute Gasteiger partial charge is 0.377 e. The van der Waals surface area contributed by atoms with Crippen molar-refractivity contribution in [2.45, 2.75) is 6.92 Å². The third-order valence-electron chi connectivity index (χ3n) is 4.37. The standard InChI is InChI=1S/C20H18N4O4S/c1-12-5-4-6-14(9-12)23-19(26)16(18(25)21-20(23)29)11-13-10-15(24(27)28)7-8-17(13)22(2)3/h4-11H,1-3H3,(H,21,25,29)/b16-11-. The predicted molar refractivity (Wildman–Crippen MR) is 115 cm³/mol. The Labute approximate surface area is 172 Å². The van der Waals surface area contributed by atoms with Crippen LogP contribution in [0.15, 0.2) is 48.0 Å². The molecule has 0 saturated carbocycles. The molecule has 3 rings (SSSR count). The fraction of sp³-hybridized carbons (Fsp3) is 0.150. The highest BCUT2D eigenvalue weighted by molar-refractivity contribution is 7.80. The van der Waals surface area contributed by atoms with Crippen LogP contribution in [-0.4, -0.2) is 35.9 Å². The zero-order valence-electron chi connectivity index (χ0n) is 16.0. The normalized spacial score (nSPS) is 15.5. The maximum Gasteiger partial charge on any atom is 0.270 e. The van der Waals surface area contributed by atoms with Crippen molar-refractivity contribution >= 4 is 52.3 Å². The molecule has 1 aliphatic rings. The van der Waals surface area contributed by atoms with Crippen molar-refractivity contribution in [3.8, 4) is 0 Å². The Morgan fingerprint density at radius 2 is 1.90 bits per heavy atom. The Bertz CT molecular complexity index is 1080. The molecular weight excluding hydrogens is 392 g/mol.